The lowest BCUT2D eigenvalue weighted by atomic mass is 9.67. The third-order valence-electron chi connectivity index (χ3n) is 14.7. The van der Waals surface area contributed by atoms with Gasteiger partial charge in [0.2, 0.25) is 0 Å². The van der Waals surface area contributed by atoms with E-state index in [0.717, 1.165) is 39.3 Å². The van der Waals surface area contributed by atoms with E-state index in [1.165, 1.54) is 66.8 Å². The minimum absolute atomic E-state index is 0.435. The van der Waals surface area contributed by atoms with Crippen LogP contribution in [-0.2, 0) is 10.8 Å². The van der Waals surface area contributed by atoms with Gasteiger partial charge in [-0.25, -0.2) is 0 Å². The summed E-state index contributed by atoms with van der Waals surface area (Å²) in [5.74, 6) is 0. The standard InChI is InChI=1S/C68H45N/c1-5-21-50(22-6-1)57-29-16-20-36-66(57)69(56-45-46-61-60-32-15-19-35-64(60)68(65(61)47-56,52-25-9-3-10-26-52)53-27-11-4-12-28-53)55-43-39-49(40-44-55)48-37-41-54(42-38-48)67(51-23-7-2-8-24-51)62-33-17-13-30-58(62)59-31-14-18-34-63(59)67/h1-14,16-31,33-47H. The lowest BCUT2D eigenvalue weighted by Gasteiger charge is -2.35. The van der Waals surface area contributed by atoms with Crippen LogP contribution in [0.3, 0.4) is 0 Å². The summed E-state index contributed by atoms with van der Waals surface area (Å²) >= 11 is 0. The quantitative estimate of drug-likeness (QED) is 0.140. The second kappa shape index (κ2) is 16.4. The average Bonchev–Trinajstić information content (AvgIpc) is 3.91. The Kier molecular flexibility index (Phi) is 9.60. The molecule has 0 aliphatic heterocycles. The Morgan fingerprint density at radius 1 is 0.290 bits per heavy atom. The zero-order valence-electron chi connectivity index (χ0n) is 37.9. The molecule has 69 heavy (non-hydrogen) atoms. The molecule has 2 aliphatic carbocycles. The lowest BCUT2D eigenvalue weighted by Crippen LogP contribution is -2.28. The maximum absolute atomic E-state index is 3.56. The second-order valence-corrected chi connectivity index (χ2v) is 18.2. The minimum atomic E-state index is -0.572. The van der Waals surface area contributed by atoms with Crippen molar-refractivity contribution in [3.63, 3.8) is 0 Å². The highest BCUT2D eigenvalue weighted by atomic mass is 15.1. The fraction of sp³-hybridized carbons (Fsp3) is 0.0294. The zero-order chi connectivity index (χ0) is 45.8. The van der Waals surface area contributed by atoms with E-state index in [4.69, 9.17) is 0 Å². The van der Waals surface area contributed by atoms with Crippen molar-refractivity contribution in [2.75, 3.05) is 4.90 Å². The van der Waals surface area contributed by atoms with Gasteiger partial charge in [0, 0.05) is 22.5 Å². The Hall–Kier alpha value is -8.96. The Morgan fingerprint density at radius 3 is 1.32 bits per heavy atom. The molecule has 0 amide bonds. The van der Waals surface area contributed by atoms with E-state index in [1.807, 2.05) is 6.07 Å². The van der Waals surface area contributed by atoms with E-state index in [9.17, 15) is 0 Å². The van der Waals surface area contributed by atoms with E-state index in [2.05, 4.69) is 284 Å². The number of benzene rings is 10. The summed E-state index contributed by atoms with van der Waals surface area (Å²) in [5, 5.41) is 0. The molecule has 11 aromatic rings. The first-order valence-electron chi connectivity index (χ1n) is 23.8. The van der Waals surface area contributed by atoms with E-state index in [1.54, 1.807) is 0 Å². The normalized spacial score (nSPS) is 13.3. The zero-order valence-corrected chi connectivity index (χ0v) is 37.9. The molecule has 0 fully saturated rings. The molecular weight excluding hydrogens is 831 g/mol. The number of anilines is 3. The fourth-order valence-corrected chi connectivity index (χ4v) is 11.8. The van der Waals surface area contributed by atoms with Gasteiger partial charge in [0.25, 0.3) is 0 Å². The van der Waals surface area contributed by atoms with Crippen LogP contribution in [0.2, 0.25) is 0 Å². The number of rotatable bonds is 9. The molecule has 0 heterocycles. The third-order valence-corrected chi connectivity index (χ3v) is 14.7. The summed E-state index contributed by atoms with van der Waals surface area (Å²) in [4.78, 5) is 2.44. The van der Waals surface area contributed by atoms with Gasteiger partial charge in [0.05, 0.1) is 16.5 Å². The van der Waals surface area contributed by atoms with Gasteiger partial charge in [-0.05, 0) is 120 Å². The van der Waals surface area contributed by atoms with Crippen LogP contribution in [0.15, 0.2) is 273 Å². The molecule has 0 unspecified atom stereocenters. The summed E-state index contributed by atoms with van der Waals surface area (Å²) in [7, 11) is 0. The summed E-state index contributed by atoms with van der Waals surface area (Å²) in [6.07, 6.45) is 0. The monoisotopic (exact) mass is 875 g/mol. The summed E-state index contributed by atoms with van der Waals surface area (Å²) in [5.41, 5.74) is 21.8. The molecule has 0 saturated heterocycles. The average molecular weight is 876 g/mol. The van der Waals surface area contributed by atoms with Gasteiger partial charge in [-0.2, -0.15) is 0 Å². The summed E-state index contributed by atoms with van der Waals surface area (Å²) in [6, 6.07) is 107. The molecule has 0 saturated carbocycles. The first-order valence-corrected chi connectivity index (χ1v) is 23.8. The van der Waals surface area contributed by atoms with Crippen LogP contribution in [-0.4, -0.2) is 0 Å². The van der Waals surface area contributed by atoms with Crippen molar-refractivity contribution in [1.82, 2.24) is 0 Å². The van der Waals surface area contributed by atoms with Gasteiger partial charge < -0.3 is 4.90 Å². The SMILES string of the molecule is c1ccc2c(c#1)-c1ccc(N(c3ccc(-c4ccc(C5(c6ccccc6)c6ccccc6-c6ccccc65)cc4)cc3)c3ccccc3-c3ccccc3)cc1C2(c1ccccc1)c1ccccc1. The van der Waals surface area contributed by atoms with Crippen LogP contribution in [0.25, 0.3) is 44.5 Å². The van der Waals surface area contributed by atoms with Crippen molar-refractivity contribution in [3.8, 4) is 44.5 Å². The summed E-state index contributed by atoms with van der Waals surface area (Å²) in [6.45, 7) is 0. The third kappa shape index (κ3) is 6.20. The number of para-hydroxylation sites is 1. The fourth-order valence-electron chi connectivity index (χ4n) is 11.8. The highest BCUT2D eigenvalue weighted by molar-refractivity contribution is 5.93. The Labute approximate surface area is 404 Å². The van der Waals surface area contributed by atoms with Crippen LogP contribution in [0, 0.1) is 12.1 Å². The van der Waals surface area contributed by atoms with E-state index >= 15 is 0 Å². The highest BCUT2D eigenvalue weighted by Gasteiger charge is 2.47. The number of fused-ring (bicyclic) bond motifs is 6. The summed E-state index contributed by atoms with van der Waals surface area (Å²) < 4.78 is 0. The van der Waals surface area contributed by atoms with Crippen molar-refractivity contribution >= 4 is 17.1 Å². The molecule has 0 radical (unpaired) electrons. The molecule has 0 bridgehead atoms. The predicted molar refractivity (Wildman–Crippen MR) is 284 cm³/mol. The highest BCUT2D eigenvalue weighted by Crippen LogP contribution is 2.58. The lowest BCUT2D eigenvalue weighted by molar-refractivity contribution is 0.768. The molecule has 0 atom stereocenters. The van der Waals surface area contributed by atoms with Crippen molar-refractivity contribution in [1.29, 1.82) is 0 Å². The van der Waals surface area contributed by atoms with E-state index < -0.39 is 10.8 Å². The minimum Gasteiger partial charge on any atom is -0.310 e. The molecule has 0 aromatic heterocycles. The van der Waals surface area contributed by atoms with Crippen LogP contribution in [0.1, 0.15) is 44.5 Å². The van der Waals surface area contributed by atoms with Gasteiger partial charge in [-0.3, -0.25) is 0 Å². The molecule has 1 heteroatoms. The largest absolute Gasteiger partial charge is 0.310 e. The number of nitrogens with zero attached hydrogens (tertiary/aromatic N) is 1. The van der Waals surface area contributed by atoms with Crippen LogP contribution < -0.4 is 4.90 Å². The number of hydrogen-bond acceptors (Lipinski definition) is 1. The van der Waals surface area contributed by atoms with Crippen molar-refractivity contribution in [3.05, 3.63) is 330 Å². The van der Waals surface area contributed by atoms with Gasteiger partial charge in [0.1, 0.15) is 0 Å². The Morgan fingerprint density at radius 2 is 0.739 bits per heavy atom. The van der Waals surface area contributed by atoms with Crippen molar-refractivity contribution in [2.24, 2.45) is 0 Å². The van der Waals surface area contributed by atoms with Gasteiger partial charge in [0.15, 0.2) is 0 Å². The van der Waals surface area contributed by atoms with Gasteiger partial charge in [-0.1, -0.05) is 243 Å². The molecule has 0 N–H and O–H groups in total. The van der Waals surface area contributed by atoms with Crippen LogP contribution in [0.4, 0.5) is 17.1 Å². The Bertz CT molecular complexity index is 3550. The predicted octanol–water partition coefficient (Wildman–Crippen LogP) is 16.8. The smallest absolute Gasteiger partial charge is 0.0721 e. The van der Waals surface area contributed by atoms with Crippen molar-refractivity contribution in [2.45, 2.75) is 10.8 Å². The Balaban J connectivity index is 0.957. The molecule has 13 rings (SSSR count). The molecule has 2 aliphatic rings. The van der Waals surface area contributed by atoms with Gasteiger partial charge in [-0.15, -0.1) is 0 Å². The first-order chi connectivity index (χ1) is 34.2. The number of hydrogen-bond donors (Lipinski definition) is 0. The molecule has 322 valence electrons. The molecular formula is C68H45N. The molecule has 11 aromatic carbocycles. The van der Waals surface area contributed by atoms with E-state index in [0.29, 0.717) is 0 Å². The maximum Gasteiger partial charge on any atom is 0.0721 e. The molecule has 1 nitrogen and oxygen atoms in total. The van der Waals surface area contributed by atoms with Crippen LogP contribution in [0.5, 0.6) is 0 Å². The van der Waals surface area contributed by atoms with E-state index in [-0.39, 0.29) is 0 Å². The second-order valence-electron chi connectivity index (χ2n) is 18.2. The van der Waals surface area contributed by atoms with Crippen molar-refractivity contribution < 1.29 is 0 Å². The maximum atomic E-state index is 3.56. The molecule has 0 spiro atoms. The van der Waals surface area contributed by atoms with Gasteiger partial charge >= 0.3 is 0 Å². The topological polar surface area (TPSA) is 3.24 Å². The first kappa shape index (κ1) is 40.3. The van der Waals surface area contributed by atoms with Crippen LogP contribution >= 0.6 is 0 Å².